The van der Waals surface area contributed by atoms with Gasteiger partial charge in [-0.1, -0.05) is 6.92 Å². The standard InChI is InChI=1S/C12H20N4O2/c1-8(12(17)14-2)7-16(3)11-9(13)5-6-10(15-11)18-4/h5-6,8H,7,13H2,1-4H3,(H,14,17). The van der Waals surface area contributed by atoms with Crippen LogP contribution in [0.25, 0.3) is 0 Å². The minimum atomic E-state index is -0.146. The molecule has 0 fully saturated rings. The Morgan fingerprint density at radius 3 is 2.83 bits per heavy atom. The molecule has 0 aliphatic carbocycles. The highest BCUT2D eigenvalue weighted by Crippen LogP contribution is 2.23. The maximum Gasteiger partial charge on any atom is 0.224 e. The fourth-order valence-electron chi connectivity index (χ4n) is 1.69. The van der Waals surface area contributed by atoms with Gasteiger partial charge < -0.3 is 20.7 Å². The molecule has 1 aromatic heterocycles. The molecule has 6 heteroatoms. The van der Waals surface area contributed by atoms with Gasteiger partial charge in [-0.3, -0.25) is 4.79 Å². The van der Waals surface area contributed by atoms with Crippen LogP contribution >= 0.6 is 0 Å². The summed E-state index contributed by atoms with van der Waals surface area (Å²) >= 11 is 0. The third kappa shape index (κ3) is 3.26. The number of nitrogen functional groups attached to an aromatic ring is 1. The van der Waals surface area contributed by atoms with Crippen LogP contribution in [0, 0.1) is 5.92 Å². The van der Waals surface area contributed by atoms with Crippen molar-refractivity contribution >= 4 is 17.4 Å². The van der Waals surface area contributed by atoms with Gasteiger partial charge in [-0.2, -0.15) is 4.98 Å². The first-order chi connectivity index (χ1) is 8.49. The summed E-state index contributed by atoms with van der Waals surface area (Å²) in [7, 11) is 5.02. The number of nitrogens with two attached hydrogens (primary N) is 1. The van der Waals surface area contributed by atoms with E-state index in [1.807, 2.05) is 18.9 Å². The number of methoxy groups -OCH3 is 1. The summed E-state index contributed by atoms with van der Waals surface area (Å²) in [5.41, 5.74) is 6.43. The van der Waals surface area contributed by atoms with Gasteiger partial charge in [0.05, 0.1) is 18.7 Å². The van der Waals surface area contributed by atoms with E-state index in [-0.39, 0.29) is 11.8 Å². The summed E-state index contributed by atoms with van der Waals surface area (Å²) in [6.07, 6.45) is 0. The van der Waals surface area contributed by atoms with Crippen LogP contribution in [0.5, 0.6) is 5.88 Å². The number of pyridine rings is 1. The molecule has 0 spiro atoms. The highest BCUT2D eigenvalue weighted by molar-refractivity contribution is 5.78. The first-order valence-corrected chi connectivity index (χ1v) is 5.72. The van der Waals surface area contributed by atoms with Crippen molar-refractivity contribution in [1.82, 2.24) is 10.3 Å². The number of hydrogen-bond acceptors (Lipinski definition) is 5. The van der Waals surface area contributed by atoms with E-state index in [0.29, 0.717) is 23.9 Å². The Hall–Kier alpha value is -1.98. The van der Waals surface area contributed by atoms with E-state index in [4.69, 9.17) is 10.5 Å². The maximum absolute atomic E-state index is 11.5. The van der Waals surface area contributed by atoms with Crippen molar-refractivity contribution in [2.45, 2.75) is 6.92 Å². The highest BCUT2D eigenvalue weighted by atomic mass is 16.5. The second-order valence-electron chi connectivity index (χ2n) is 4.16. The summed E-state index contributed by atoms with van der Waals surface area (Å²) in [5.74, 6) is 0.958. The van der Waals surface area contributed by atoms with Gasteiger partial charge in [0.1, 0.15) is 0 Å². The summed E-state index contributed by atoms with van der Waals surface area (Å²) < 4.78 is 5.06. The number of amides is 1. The second kappa shape index (κ2) is 6.09. The van der Waals surface area contributed by atoms with E-state index in [1.165, 1.54) is 0 Å². The number of nitrogens with zero attached hydrogens (tertiary/aromatic N) is 2. The van der Waals surface area contributed by atoms with Crippen LogP contribution in [0.2, 0.25) is 0 Å². The molecule has 0 bridgehead atoms. The van der Waals surface area contributed by atoms with Gasteiger partial charge in [0.2, 0.25) is 11.8 Å². The normalized spacial score (nSPS) is 11.8. The summed E-state index contributed by atoms with van der Waals surface area (Å²) in [5, 5.41) is 2.62. The SMILES string of the molecule is CNC(=O)C(C)CN(C)c1nc(OC)ccc1N. The van der Waals surface area contributed by atoms with Crippen LogP contribution < -0.4 is 20.7 Å². The van der Waals surface area contributed by atoms with Gasteiger partial charge in [-0.15, -0.1) is 0 Å². The third-order valence-electron chi connectivity index (χ3n) is 2.69. The minimum absolute atomic E-state index is 0.0108. The number of nitrogens with one attached hydrogen (secondary N) is 1. The summed E-state index contributed by atoms with van der Waals surface area (Å²) in [6, 6.07) is 3.44. The zero-order valence-corrected chi connectivity index (χ0v) is 11.2. The van der Waals surface area contributed by atoms with Crippen LogP contribution in [0.1, 0.15) is 6.92 Å². The maximum atomic E-state index is 11.5. The van der Waals surface area contributed by atoms with Crippen molar-refractivity contribution in [2.24, 2.45) is 5.92 Å². The lowest BCUT2D eigenvalue weighted by molar-refractivity contribution is -0.123. The first-order valence-electron chi connectivity index (χ1n) is 5.72. The Kier molecular flexibility index (Phi) is 4.76. The molecule has 0 aromatic carbocycles. The number of rotatable bonds is 5. The average Bonchev–Trinajstić information content (AvgIpc) is 2.38. The quantitative estimate of drug-likeness (QED) is 0.797. The zero-order valence-electron chi connectivity index (χ0n) is 11.2. The minimum Gasteiger partial charge on any atom is -0.481 e. The van der Waals surface area contributed by atoms with Crippen molar-refractivity contribution in [3.63, 3.8) is 0 Å². The molecule has 100 valence electrons. The number of anilines is 2. The van der Waals surface area contributed by atoms with Crippen molar-refractivity contribution in [3.05, 3.63) is 12.1 Å². The average molecular weight is 252 g/mol. The molecule has 6 nitrogen and oxygen atoms in total. The third-order valence-corrected chi connectivity index (χ3v) is 2.69. The lowest BCUT2D eigenvalue weighted by atomic mass is 10.1. The van der Waals surface area contributed by atoms with Crippen molar-refractivity contribution in [2.75, 3.05) is 38.4 Å². The molecule has 0 aliphatic rings. The Labute approximate surface area is 107 Å². The van der Waals surface area contributed by atoms with Crippen LogP contribution in [0.4, 0.5) is 11.5 Å². The van der Waals surface area contributed by atoms with Gasteiger partial charge in [-0.05, 0) is 6.07 Å². The lowest BCUT2D eigenvalue weighted by Crippen LogP contribution is -2.35. The Bertz CT molecular complexity index is 423. The van der Waals surface area contributed by atoms with E-state index < -0.39 is 0 Å². The second-order valence-corrected chi connectivity index (χ2v) is 4.16. The van der Waals surface area contributed by atoms with Gasteiger partial charge in [0.25, 0.3) is 0 Å². The summed E-state index contributed by atoms with van der Waals surface area (Å²) in [6.45, 7) is 2.38. The predicted octanol–water partition coefficient (Wildman–Crippen LogP) is 0.491. The molecule has 0 aliphatic heterocycles. The molecule has 0 radical (unpaired) electrons. The molecular weight excluding hydrogens is 232 g/mol. The van der Waals surface area contributed by atoms with E-state index in [1.54, 1.807) is 26.3 Å². The molecule has 0 saturated carbocycles. The number of carbonyl (C=O) groups excluding carboxylic acids is 1. The molecule has 1 rings (SSSR count). The molecule has 3 N–H and O–H groups in total. The number of carbonyl (C=O) groups is 1. The molecule has 0 saturated heterocycles. The number of aromatic nitrogens is 1. The molecule has 1 heterocycles. The fourth-order valence-corrected chi connectivity index (χ4v) is 1.69. The van der Waals surface area contributed by atoms with E-state index in [0.717, 1.165) is 0 Å². The zero-order chi connectivity index (χ0) is 13.7. The number of hydrogen-bond donors (Lipinski definition) is 2. The Morgan fingerprint density at radius 2 is 2.28 bits per heavy atom. The van der Waals surface area contributed by atoms with Crippen LogP contribution in [-0.2, 0) is 4.79 Å². The first kappa shape index (κ1) is 14.1. The van der Waals surface area contributed by atoms with Gasteiger partial charge >= 0.3 is 0 Å². The topological polar surface area (TPSA) is 80.5 Å². The smallest absolute Gasteiger partial charge is 0.224 e. The Balaban J connectivity index is 2.83. The number of ether oxygens (including phenoxy) is 1. The van der Waals surface area contributed by atoms with Crippen LogP contribution in [0.15, 0.2) is 12.1 Å². The fraction of sp³-hybridized carbons (Fsp3) is 0.500. The van der Waals surface area contributed by atoms with Gasteiger partial charge in [-0.25, -0.2) is 0 Å². The van der Waals surface area contributed by atoms with Crippen LogP contribution in [-0.4, -0.2) is 38.6 Å². The molecule has 1 amide bonds. The van der Waals surface area contributed by atoms with Crippen LogP contribution in [0.3, 0.4) is 0 Å². The predicted molar refractivity (Wildman–Crippen MR) is 71.7 cm³/mol. The Morgan fingerprint density at radius 1 is 1.61 bits per heavy atom. The molecular formula is C12H20N4O2. The van der Waals surface area contributed by atoms with E-state index in [9.17, 15) is 4.79 Å². The van der Waals surface area contributed by atoms with E-state index in [2.05, 4.69) is 10.3 Å². The van der Waals surface area contributed by atoms with E-state index >= 15 is 0 Å². The van der Waals surface area contributed by atoms with Crippen molar-refractivity contribution < 1.29 is 9.53 Å². The lowest BCUT2D eigenvalue weighted by Gasteiger charge is -2.23. The molecule has 18 heavy (non-hydrogen) atoms. The largest absolute Gasteiger partial charge is 0.481 e. The molecule has 1 aromatic rings. The monoisotopic (exact) mass is 252 g/mol. The molecule has 1 unspecified atom stereocenters. The van der Waals surface area contributed by atoms with Crippen molar-refractivity contribution in [1.29, 1.82) is 0 Å². The highest BCUT2D eigenvalue weighted by Gasteiger charge is 2.16. The summed E-state index contributed by atoms with van der Waals surface area (Å²) in [4.78, 5) is 17.6. The van der Waals surface area contributed by atoms with Gasteiger partial charge in [0, 0.05) is 26.7 Å². The van der Waals surface area contributed by atoms with Crippen molar-refractivity contribution in [3.8, 4) is 5.88 Å². The van der Waals surface area contributed by atoms with Gasteiger partial charge in [0.15, 0.2) is 5.82 Å². The molecule has 1 atom stereocenters.